The lowest BCUT2D eigenvalue weighted by atomic mass is 10.1. The molecule has 0 atom stereocenters. The molecule has 0 aliphatic heterocycles. The summed E-state index contributed by atoms with van der Waals surface area (Å²) in [6.07, 6.45) is 0. The van der Waals surface area contributed by atoms with Gasteiger partial charge in [-0.15, -0.1) is 24.0 Å². The Hall–Kier alpha value is -2.16. The molecule has 0 unspecified atom stereocenters. The van der Waals surface area contributed by atoms with Gasteiger partial charge in [0.25, 0.3) is 0 Å². The van der Waals surface area contributed by atoms with Crippen LogP contribution < -0.4 is 24.8 Å². The van der Waals surface area contributed by atoms with E-state index >= 15 is 0 Å². The molecule has 0 aliphatic rings. The molecule has 6 nitrogen and oxygen atoms in total. The molecule has 0 fully saturated rings. The molecule has 29 heavy (non-hydrogen) atoms. The SMILES string of the molecule is CN=C(NCc1ccc(OC)c(OC)c1)NCc1ccccc1OC(C)(C)C.I. The Labute approximate surface area is 191 Å². The Morgan fingerprint density at radius 2 is 1.55 bits per heavy atom. The smallest absolute Gasteiger partial charge is 0.191 e. The van der Waals surface area contributed by atoms with E-state index in [2.05, 4.69) is 21.7 Å². The molecule has 0 aromatic heterocycles. The van der Waals surface area contributed by atoms with Crippen LogP contribution in [0.2, 0.25) is 0 Å². The molecule has 0 amide bonds. The first kappa shape index (κ1) is 24.9. The summed E-state index contributed by atoms with van der Waals surface area (Å²) in [4.78, 5) is 4.30. The fourth-order valence-electron chi connectivity index (χ4n) is 2.66. The number of nitrogens with zero attached hydrogens (tertiary/aromatic N) is 1. The van der Waals surface area contributed by atoms with E-state index in [9.17, 15) is 0 Å². The van der Waals surface area contributed by atoms with Gasteiger partial charge in [0.1, 0.15) is 11.4 Å². The first-order valence-electron chi connectivity index (χ1n) is 9.28. The minimum absolute atomic E-state index is 0. The van der Waals surface area contributed by atoms with Gasteiger partial charge in [-0.25, -0.2) is 0 Å². The van der Waals surface area contributed by atoms with Gasteiger partial charge in [0.15, 0.2) is 17.5 Å². The summed E-state index contributed by atoms with van der Waals surface area (Å²) in [5.74, 6) is 3.00. The van der Waals surface area contributed by atoms with Crippen molar-refractivity contribution in [3.63, 3.8) is 0 Å². The highest BCUT2D eigenvalue weighted by Crippen LogP contribution is 2.27. The van der Waals surface area contributed by atoms with Crippen molar-refractivity contribution in [1.82, 2.24) is 10.6 Å². The number of hydrogen-bond acceptors (Lipinski definition) is 4. The summed E-state index contributed by atoms with van der Waals surface area (Å²) in [6.45, 7) is 7.35. The Morgan fingerprint density at radius 3 is 2.17 bits per heavy atom. The maximum absolute atomic E-state index is 6.05. The summed E-state index contributed by atoms with van der Waals surface area (Å²) in [5.41, 5.74) is 1.90. The summed E-state index contributed by atoms with van der Waals surface area (Å²) in [5, 5.41) is 6.65. The van der Waals surface area contributed by atoms with Gasteiger partial charge in [-0.2, -0.15) is 0 Å². The molecule has 0 saturated carbocycles. The van der Waals surface area contributed by atoms with Crippen LogP contribution in [-0.4, -0.2) is 32.8 Å². The zero-order valence-corrected chi connectivity index (χ0v) is 20.4. The van der Waals surface area contributed by atoms with Crippen LogP contribution in [-0.2, 0) is 13.1 Å². The van der Waals surface area contributed by atoms with Gasteiger partial charge in [0.2, 0.25) is 0 Å². The molecule has 0 spiro atoms. The van der Waals surface area contributed by atoms with Gasteiger partial charge in [0, 0.05) is 25.7 Å². The van der Waals surface area contributed by atoms with Crippen molar-refractivity contribution in [3.05, 3.63) is 53.6 Å². The van der Waals surface area contributed by atoms with Gasteiger partial charge in [-0.05, 0) is 44.5 Å². The van der Waals surface area contributed by atoms with Crippen molar-refractivity contribution < 1.29 is 14.2 Å². The van der Waals surface area contributed by atoms with Crippen LogP contribution in [0.3, 0.4) is 0 Å². The predicted molar refractivity (Wildman–Crippen MR) is 129 cm³/mol. The fraction of sp³-hybridized carbons (Fsp3) is 0.409. The van der Waals surface area contributed by atoms with Gasteiger partial charge in [0.05, 0.1) is 14.2 Å². The molecule has 2 rings (SSSR count). The molecule has 0 aliphatic carbocycles. The van der Waals surface area contributed by atoms with Crippen molar-refractivity contribution in [2.45, 2.75) is 39.5 Å². The summed E-state index contributed by atoms with van der Waals surface area (Å²) >= 11 is 0. The van der Waals surface area contributed by atoms with Crippen LogP contribution in [0.25, 0.3) is 0 Å². The van der Waals surface area contributed by atoms with Crippen LogP contribution in [0.15, 0.2) is 47.5 Å². The van der Waals surface area contributed by atoms with E-state index in [0.717, 1.165) is 16.9 Å². The zero-order chi connectivity index (χ0) is 20.6. The van der Waals surface area contributed by atoms with Crippen LogP contribution in [0, 0.1) is 0 Å². The van der Waals surface area contributed by atoms with E-state index in [1.807, 2.05) is 57.2 Å². The minimum Gasteiger partial charge on any atom is -0.493 e. The van der Waals surface area contributed by atoms with Crippen LogP contribution in [0.1, 0.15) is 31.9 Å². The summed E-state index contributed by atoms with van der Waals surface area (Å²) in [6, 6.07) is 13.9. The highest BCUT2D eigenvalue weighted by Gasteiger charge is 2.14. The topological polar surface area (TPSA) is 64.1 Å². The van der Waals surface area contributed by atoms with Crippen LogP contribution in [0.5, 0.6) is 17.2 Å². The van der Waals surface area contributed by atoms with E-state index in [4.69, 9.17) is 14.2 Å². The molecule has 0 heterocycles. The summed E-state index contributed by atoms with van der Waals surface area (Å²) < 4.78 is 16.7. The number of ether oxygens (including phenoxy) is 3. The monoisotopic (exact) mass is 513 g/mol. The fourth-order valence-corrected chi connectivity index (χ4v) is 2.66. The van der Waals surface area contributed by atoms with Crippen molar-refractivity contribution in [3.8, 4) is 17.2 Å². The second kappa shape index (κ2) is 11.7. The van der Waals surface area contributed by atoms with Crippen LogP contribution in [0.4, 0.5) is 0 Å². The number of nitrogens with one attached hydrogen (secondary N) is 2. The van der Waals surface area contributed by atoms with Gasteiger partial charge < -0.3 is 24.8 Å². The second-order valence-electron chi connectivity index (χ2n) is 7.29. The molecular weight excluding hydrogens is 481 g/mol. The molecule has 2 N–H and O–H groups in total. The van der Waals surface area contributed by atoms with Crippen molar-refractivity contribution >= 4 is 29.9 Å². The quantitative estimate of drug-likeness (QED) is 0.327. The largest absolute Gasteiger partial charge is 0.493 e. The van der Waals surface area contributed by atoms with Crippen molar-refractivity contribution in [2.24, 2.45) is 4.99 Å². The Kier molecular flexibility index (Phi) is 10.1. The second-order valence-corrected chi connectivity index (χ2v) is 7.29. The van der Waals surface area contributed by atoms with Crippen molar-refractivity contribution in [1.29, 1.82) is 0 Å². The number of guanidine groups is 1. The molecule has 160 valence electrons. The highest BCUT2D eigenvalue weighted by molar-refractivity contribution is 14.0. The Balaban J connectivity index is 0.00000420. The van der Waals surface area contributed by atoms with E-state index in [1.54, 1.807) is 21.3 Å². The minimum atomic E-state index is -0.247. The Bertz CT molecular complexity index is 804. The zero-order valence-electron chi connectivity index (χ0n) is 18.0. The molecule has 0 saturated heterocycles. The lowest BCUT2D eigenvalue weighted by Crippen LogP contribution is -2.36. The molecular formula is C22H32IN3O3. The average Bonchev–Trinajstić information content (AvgIpc) is 2.67. The molecule has 0 radical (unpaired) electrons. The number of halogens is 1. The maximum atomic E-state index is 6.05. The van der Waals surface area contributed by atoms with E-state index in [-0.39, 0.29) is 29.6 Å². The van der Waals surface area contributed by atoms with Gasteiger partial charge >= 0.3 is 0 Å². The third-order valence-electron chi connectivity index (χ3n) is 3.97. The molecule has 2 aromatic rings. The number of para-hydroxylation sites is 1. The number of rotatable bonds is 7. The van der Waals surface area contributed by atoms with Crippen molar-refractivity contribution in [2.75, 3.05) is 21.3 Å². The lowest BCUT2D eigenvalue weighted by Gasteiger charge is -2.23. The van der Waals surface area contributed by atoms with E-state index in [1.165, 1.54) is 0 Å². The number of benzene rings is 2. The molecule has 7 heteroatoms. The van der Waals surface area contributed by atoms with E-state index < -0.39 is 0 Å². The first-order chi connectivity index (χ1) is 13.4. The van der Waals surface area contributed by atoms with E-state index in [0.29, 0.717) is 30.5 Å². The third-order valence-corrected chi connectivity index (χ3v) is 3.97. The Morgan fingerprint density at radius 1 is 0.897 bits per heavy atom. The highest BCUT2D eigenvalue weighted by atomic mass is 127. The van der Waals surface area contributed by atoms with Gasteiger partial charge in [-0.3, -0.25) is 4.99 Å². The predicted octanol–water partition coefficient (Wildman–Crippen LogP) is 4.36. The normalized spacial score (nSPS) is 11.3. The number of aliphatic imine (C=N–C) groups is 1. The van der Waals surface area contributed by atoms with Crippen LogP contribution >= 0.6 is 24.0 Å². The maximum Gasteiger partial charge on any atom is 0.191 e. The number of hydrogen-bond donors (Lipinski definition) is 2. The third kappa shape index (κ3) is 8.00. The summed E-state index contributed by atoms with van der Waals surface area (Å²) in [7, 11) is 5.01. The molecule has 0 bridgehead atoms. The first-order valence-corrected chi connectivity index (χ1v) is 9.28. The average molecular weight is 513 g/mol. The molecule has 2 aromatic carbocycles. The number of methoxy groups -OCH3 is 2. The van der Waals surface area contributed by atoms with Gasteiger partial charge in [-0.1, -0.05) is 24.3 Å². The lowest BCUT2D eigenvalue weighted by molar-refractivity contribution is 0.129. The standard InChI is InChI=1S/C22H31N3O3.HI/c1-22(2,3)28-18-10-8-7-9-17(18)15-25-21(23-4)24-14-16-11-12-19(26-5)20(13-16)27-6;/h7-13H,14-15H2,1-6H3,(H2,23,24,25);1H.